The molecule has 0 fully saturated rings. The van der Waals surface area contributed by atoms with Crippen molar-refractivity contribution in [1.29, 1.82) is 0 Å². The normalized spacial score (nSPS) is 13.6. The van der Waals surface area contributed by atoms with Crippen LogP contribution < -0.4 is 0 Å². The Morgan fingerprint density at radius 3 is 1.25 bits per heavy atom. The van der Waals surface area contributed by atoms with Gasteiger partial charge in [0.25, 0.3) is 0 Å². The van der Waals surface area contributed by atoms with Crippen LogP contribution in [0.1, 0.15) is 37.8 Å². The van der Waals surface area contributed by atoms with E-state index in [4.69, 9.17) is 10.2 Å². The van der Waals surface area contributed by atoms with Crippen LogP contribution in [0.4, 0.5) is 0 Å². The second-order valence-electron chi connectivity index (χ2n) is 4.43. The molecule has 2 atom stereocenters. The fraction of sp³-hybridized carbons (Fsp3) is 0.571. The molecule has 1 rings (SSSR count). The van der Waals surface area contributed by atoms with E-state index in [1.165, 1.54) is 11.1 Å². The predicted octanol–water partition coefficient (Wildman–Crippen LogP) is 2.83. The van der Waals surface area contributed by atoms with E-state index < -0.39 is 0 Å². The Labute approximate surface area is 98.9 Å². The van der Waals surface area contributed by atoms with E-state index in [2.05, 4.69) is 38.1 Å². The molecular formula is C14H24O2. The number of hydrogen-bond donors (Lipinski definition) is 2. The average molecular weight is 224 g/mol. The van der Waals surface area contributed by atoms with Crippen molar-refractivity contribution in [3.05, 3.63) is 35.4 Å². The maximum atomic E-state index is 8.69. The molecule has 1 aromatic carbocycles. The molecule has 92 valence electrons. The van der Waals surface area contributed by atoms with Gasteiger partial charge >= 0.3 is 0 Å². The van der Waals surface area contributed by atoms with Crippen molar-refractivity contribution in [3.63, 3.8) is 0 Å². The summed E-state index contributed by atoms with van der Waals surface area (Å²) in [6.07, 6.45) is 0.837. The summed E-state index contributed by atoms with van der Waals surface area (Å²) in [6, 6.07) is 8.48. The highest BCUT2D eigenvalue weighted by Gasteiger charge is 1.98. The Morgan fingerprint density at radius 1 is 0.812 bits per heavy atom. The molecule has 0 heterocycles. The van der Waals surface area contributed by atoms with Gasteiger partial charge in [-0.2, -0.15) is 0 Å². The topological polar surface area (TPSA) is 40.5 Å². The van der Waals surface area contributed by atoms with Crippen LogP contribution in [0.25, 0.3) is 0 Å². The largest absolute Gasteiger partial charge is 0.393 e. The Hall–Kier alpha value is -0.860. The molecule has 2 N–H and O–H groups in total. The van der Waals surface area contributed by atoms with Gasteiger partial charge in [0, 0.05) is 0 Å². The molecular weight excluding hydrogens is 200 g/mol. The molecule has 0 radical (unpaired) electrons. The van der Waals surface area contributed by atoms with Crippen molar-refractivity contribution in [2.75, 3.05) is 0 Å². The quantitative estimate of drug-likeness (QED) is 0.829. The van der Waals surface area contributed by atoms with Crippen LogP contribution in [0.15, 0.2) is 24.3 Å². The van der Waals surface area contributed by atoms with Crippen molar-refractivity contribution in [2.24, 2.45) is 0 Å². The van der Waals surface area contributed by atoms with Gasteiger partial charge in [-0.3, -0.25) is 0 Å². The monoisotopic (exact) mass is 224 g/mol. The van der Waals surface area contributed by atoms with Crippen LogP contribution in [0.5, 0.6) is 0 Å². The first-order chi connectivity index (χ1) is 7.41. The molecule has 0 saturated carbocycles. The molecule has 0 saturated heterocycles. The summed E-state index contributed by atoms with van der Waals surface area (Å²) in [5.74, 6) is 0. The molecule has 0 amide bonds. The van der Waals surface area contributed by atoms with Gasteiger partial charge in [0.2, 0.25) is 0 Å². The molecule has 16 heavy (non-hydrogen) atoms. The van der Waals surface area contributed by atoms with Gasteiger partial charge in [0.15, 0.2) is 0 Å². The number of aliphatic hydroxyl groups is 2. The fourth-order valence-corrected chi connectivity index (χ4v) is 1.12. The second-order valence-corrected chi connectivity index (χ2v) is 4.43. The minimum atomic E-state index is -0.274. The summed E-state index contributed by atoms with van der Waals surface area (Å²) in [5.41, 5.74) is 2.66. The van der Waals surface area contributed by atoms with E-state index in [0.29, 0.717) is 12.8 Å². The minimum absolute atomic E-state index is 0.274. The molecule has 0 bridgehead atoms. The van der Waals surface area contributed by atoms with Crippen LogP contribution in [0.2, 0.25) is 0 Å². The summed E-state index contributed by atoms with van der Waals surface area (Å²) in [5, 5.41) is 17.4. The van der Waals surface area contributed by atoms with Gasteiger partial charge in [-0.15, -0.1) is 0 Å². The Balaban J connectivity index is 0.000000281. The Bertz CT molecular complexity index is 234. The molecule has 0 aliphatic heterocycles. The summed E-state index contributed by atoms with van der Waals surface area (Å²) in [6.45, 7) is 7.64. The molecule has 2 unspecified atom stereocenters. The third-order valence-electron chi connectivity index (χ3n) is 2.22. The zero-order valence-corrected chi connectivity index (χ0v) is 10.8. The van der Waals surface area contributed by atoms with Crippen LogP contribution in [0.3, 0.4) is 0 Å². The molecule has 1 aromatic rings. The maximum Gasteiger partial charge on any atom is 0.0513 e. The van der Waals surface area contributed by atoms with Gasteiger partial charge < -0.3 is 10.2 Å². The van der Waals surface area contributed by atoms with Crippen molar-refractivity contribution in [2.45, 2.75) is 52.7 Å². The second kappa shape index (κ2) is 8.31. The fourth-order valence-electron chi connectivity index (χ4n) is 1.12. The number of benzene rings is 1. The van der Waals surface area contributed by atoms with E-state index >= 15 is 0 Å². The summed E-state index contributed by atoms with van der Waals surface area (Å²) in [7, 11) is 0. The van der Waals surface area contributed by atoms with Gasteiger partial charge in [-0.05, 0) is 40.5 Å². The van der Waals surface area contributed by atoms with E-state index in [-0.39, 0.29) is 12.2 Å². The first kappa shape index (κ1) is 15.1. The summed E-state index contributed by atoms with van der Waals surface area (Å²) in [4.78, 5) is 0. The number of hydrogen-bond acceptors (Lipinski definition) is 2. The van der Waals surface area contributed by atoms with Crippen molar-refractivity contribution >= 4 is 0 Å². The highest BCUT2D eigenvalue weighted by Crippen LogP contribution is 1.99. The highest BCUT2D eigenvalue weighted by atomic mass is 16.3. The lowest BCUT2D eigenvalue weighted by Gasteiger charge is -2.04. The smallest absolute Gasteiger partial charge is 0.0513 e. The van der Waals surface area contributed by atoms with Crippen LogP contribution >= 0.6 is 0 Å². The molecule has 2 nitrogen and oxygen atoms in total. The van der Waals surface area contributed by atoms with Crippen molar-refractivity contribution < 1.29 is 10.2 Å². The first-order valence-corrected chi connectivity index (χ1v) is 5.81. The van der Waals surface area contributed by atoms with Gasteiger partial charge in [0.1, 0.15) is 0 Å². The third kappa shape index (κ3) is 9.69. The third-order valence-corrected chi connectivity index (χ3v) is 2.22. The zero-order chi connectivity index (χ0) is 12.6. The van der Waals surface area contributed by atoms with E-state index in [9.17, 15) is 0 Å². The predicted molar refractivity (Wildman–Crippen MR) is 68.5 cm³/mol. The summed E-state index contributed by atoms with van der Waals surface area (Å²) >= 11 is 0. The van der Waals surface area contributed by atoms with Gasteiger partial charge in [0.05, 0.1) is 12.2 Å². The molecule has 0 aromatic heterocycles. The van der Waals surface area contributed by atoms with E-state index in [1.807, 2.05) is 0 Å². The number of aryl methyl sites for hydroxylation is 2. The first-order valence-electron chi connectivity index (χ1n) is 5.81. The lowest BCUT2D eigenvalue weighted by atomic mass is 10.1. The van der Waals surface area contributed by atoms with Crippen molar-refractivity contribution in [3.8, 4) is 0 Å². The summed E-state index contributed by atoms with van der Waals surface area (Å²) < 4.78 is 0. The molecule has 0 spiro atoms. The Kier molecular flexibility index (Phi) is 7.86. The Morgan fingerprint density at radius 2 is 1.06 bits per heavy atom. The lowest BCUT2D eigenvalue weighted by Crippen LogP contribution is -2.06. The van der Waals surface area contributed by atoms with E-state index in [1.54, 1.807) is 13.8 Å². The van der Waals surface area contributed by atoms with Crippen LogP contribution in [-0.2, 0) is 0 Å². The SMILES string of the molecule is CC(O)CCC(C)O.Cc1ccc(C)cc1. The number of aliphatic hydroxyl groups excluding tert-OH is 2. The minimum Gasteiger partial charge on any atom is -0.393 e. The van der Waals surface area contributed by atoms with Crippen molar-refractivity contribution in [1.82, 2.24) is 0 Å². The van der Waals surface area contributed by atoms with E-state index in [0.717, 1.165) is 0 Å². The highest BCUT2D eigenvalue weighted by molar-refractivity contribution is 5.19. The molecule has 0 aliphatic rings. The number of rotatable bonds is 3. The standard InChI is InChI=1S/C8H10.C6H14O2/c1-7-3-5-8(2)6-4-7;1-5(7)3-4-6(2)8/h3-6H,1-2H3;5-8H,3-4H2,1-2H3. The van der Waals surface area contributed by atoms with Gasteiger partial charge in [-0.1, -0.05) is 35.4 Å². The molecule has 2 heteroatoms. The lowest BCUT2D eigenvalue weighted by molar-refractivity contribution is 0.133. The zero-order valence-electron chi connectivity index (χ0n) is 10.8. The van der Waals surface area contributed by atoms with Gasteiger partial charge in [-0.25, -0.2) is 0 Å². The maximum absolute atomic E-state index is 8.69. The average Bonchev–Trinajstić information content (AvgIpc) is 2.20. The van der Waals surface area contributed by atoms with Crippen LogP contribution in [0, 0.1) is 13.8 Å². The van der Waals surface area contributed by atoms with Crippen LogP contribution in [-0.4, -0.2) is 22.4 Å². The molecule has 0 aliphatic carbocycles.